The van der Waals surface area contributed by atoms with Gasteiger partial charge < -0.3 is 24.4 Å². The summed E-state index contributed by atoms with van der Waals surface area (Å²) in [7, 11) is 0. The first-order valence-electron chi connectivity index (χ1n) is 9.47. The van der Waals surface area contributed by atoms with E-state index in [2.05, 4.69) is 49.7 Å². The molecule has 0 aromatic carbocycles. The molecule has 27 heavy (non-hydrogen) atoms. The summed E-state index contributed by atoms with van der Waals surface area (Å²) in [6.45, 7) is 11.6. The van der Waals surface area contributed by atoms with Gasteiger partial charge in [0.2, 0.25) is 5.89 Å². The van der Waals surface area contributed by atoms with Gasteiger partial charge in [0, 0.05) is 39.3 Å². The van der Waals surface area contributed by atoms with Gasteiger partial charge in [-0.1, -0.05) is 5.16 Å². The number of thiophene rings is 1. The molecule has 1 unspecified atom stereocenters. The van der Waals surface area contributed by atoms with Gasteiger partial charge in [-0.25, -0.2) is 4.99 Å². The fraction of sp³-hybridized carbons (Fsp3) is 0.611. The van der Waals surface area contributed by atoms with Crippen LogP contribution in [0.15, 0.2) is 27.0 Å². The van der Waals surface area contributed by atoms with E-state index in [1.54, 1.807) is 11.3 Å². The predicted octanol–water partition coefficient (Wildman–Crippen LogP) is 2.52. The fourth-order valence-electron chi connectivity index (χ4n) is 2.98. The minimum absolute atomic E-state index is 0.171. The van der Waals surface area contributed by atoms with Crippen LogP contribution in [0.2, 0.25) is 0 Å². The normalized spacial score (nSPS) is 16.6. The number of aliphatic imine (C=N–C) groups is 1. The molecule has 2 aromatic rings. The Morgan fingerprint density at radius 3 is 2.85 bits per heavy atom. The number of rotatable bonds is 7. The van der Waals surface area contributed by atoms with Crippen LogP contribution in [-0.4, -0.2) is 60.3 Å². The van der Waals surface area contributed by atoms with Gasteiger partial charge in [-0.3, -0.25) is 0 Å². The maximum Gasteiger partial charge on any atom is 0.248 e. The van der Waals surface area contributed by atoms with Gasteiger partial charge in [0.25, 0.3) is 0 Å². The molecule has 0 amide bonds. The maximum atomic E-state index is 5.50. The Hall–Kier alpha value is -2.13. The number of nitrogens with one attached hydrogen (secondary N) is 1. The summed E-state index contributed by atoms with van der Waals surface area (Å²) in [5.41, 5.74) is 0. The first-order chi connectivity index (χ1) is 13.2. The van der Waals surface area contributed by atoms with Gasteiger partial charge in [-0.15, -0.1) is 11.3 Å². The van der Waals surface area contributed by atoms with Gasteiger partial charge in [-0.05, 0) is 38.3 Å². The molecule has 2 aromatic heterocycles. The lowest BCUT2D eigenvalue weighted by Crippen LogP contribution is -2.52. The van der Waals surface area contributed by atoms with E-state index in [-0.39, 0.29) is 6.10 Å². The van der Waals surface area contributed by atoms with Crippen molar-refractivity contribution in [2.75, 3.05) is 44.2 Å². The van der Waals surface area contributed by atoms with Crippen molar-refractivity contribution < 1.29 is 9.26 Å². The molecule has 8 nitrogen and oxygen atoms in total. The number of aromatic nitrogens is 2. The van der Waals surface area contributed by atoms with E-state index in [0.29, 0.717) is 24.9 Å². The first-order valence-corrected chi connectivity index (χ1v) is 10.3. The van der Waals surface area contributed by atoms with Crippen molar-refractivity contribution >= 4 is 22.3 Å². The Labute approximate surface area is 164 Å². The number of hydrogen-bond donors (Lipinski definition) is 1. The molecule has 1 fully saturated rings. The highest BCUT2D eigenvalue weighted by atomic mass is 32.1. The van der Waals surface area contributed by atoms with Gasteiger partial charge in [0.15, 0.2) is 11.8 Å². The summed E-state index contributed by atoms with van der Waals surface area (Å²) >= 11 is 1.79. The van der Waals surface area contributed by atoms with Crippen LogP contribution in [0.4, 0.5) is 5.00 Å². The van der Waals surface area contributed by atoms with Crippen LogP contribution in [0, 0.1) is 0 Å². The first kappa shape index (κ1) is 19.6. The average molecular weight is 393 g/mol. The number of anilines is 1. The molecular weight excluding hydrogens is 364 g/mol. The van der Waals surface area contributed by atoms with Crippen LogP contribution in [-0.2, 0) is 11.3 Å². The molecule has 148 valence electrons. The minimum Gasteiger partial charge on any atom is -0.371 e. The van der Waals surface area contributed by atoms with Crippen LogP contribution in [0.25, 0.3) is 0 Å². The molecule has 3 heterocycles. The van der Waals surface area contributed by atoms with Crippen LogP contribution in [0.1, 0.15) is 38.6 Å². The standard InChI is InChI=1S/C18H28N6O2S/c1-4-19-18(20-13-15-21-17(22-26-15)14(3)25-5-2)24-10-8-23(9-11-24)16-7-6-12-27-16/h6-7,12,14H,4-5,8-11,13H2,1-3H3,(H,19,20). The summed E-state index contributed by atoms with van der Waals surface area (Å²) in [5, 5.41) is 10.8. The molecule has 0 aliphatic carbocycles. The van der Waals surface area contributed by atoms with E-state index in [9.17, 15) is 0 Å². The van der Waals surface area contributed by atoms with Crippen molar-refractivity contribution in [1.82, 2.24) is 20.4 Å². The van der Waals surface area contributed by atoms with Gasteiger partial charge >= 0.3 is 0 Å². The van der Waals surface area contributed by atoms with E-state index in [1.165, 1.54) is 5.00 Å². The van der Waals surface area contributed by atoms with Crippen LogP contribution < -0.4 is 10.2 Å². The highest BCUT2D eigenvalue weighted by Crippen LogP contribution is 2.22. The molecule has 1 N–H and O–H groups in total. The van der Waals surface area contributed by atoms with Gasteiger partial charge in [0.1, 0.15) is 12.6 Å². The molecular formula is C18H28N6O2S. The van der Waals surface area contributed by atoms with Crippen molar-refractivity contribution in [1.29, 1.82) is 0 Å². The third-order valence-corrected chi connectivity index (χ3v) is 5.29. The maximum absolute atomic E-state index is 5.50. The summed E-state index contributed by atoms with van der Waals surface area (Å²) < 4.78 is 10.8. The van der Waals surface area contributed by atoms with E-state index in [0.717, 1.165) is 38.7 Å². The molecule has 0 spiro atoms. The molecule has 1 aliphatic heterocycles. The Balaban J connectivity index is 1.58. The second kappa shape index (κ2) is 9.70. The smallest absolute Gasteiger partial charge is 0.248 e. The quantitative estimate of drug-likeness (QED) is 0.573. The lowest BCUT2D eigenvalue weighted by Gasteiger charge is -2.37. The Morgan fingerprint density at radius 2 is 2.19 bits per heavy atom. The molecule has 0 bridgehead atoms. The van der Waals surface area contributed by atoms with Crippen LogP contribution >= 0.6 is 11.3 Å². The van der Waals surface area contributed by atoms with Crippen molar-refractivity contribution in [3.8, 4) is 0 Å². The zero-order chi connectivity index (χ0) is 19.1. The molecule has 1 atom stereocenters. The van der Waals surface area contributed by atoms with Crippen molar-refractivity contribution in [3.63, 3.8) is 0 Å². The van der Waals surface area contributed by atoms with Crippen molar-refractivity contribution in [2.45, 2.75) is 33.4 Å². The number of guanidine groups is 1. The van der Waals surface area contributed by atoms with E-state index in [1.807, 2.05) is 13.8 Å². The highest BCUT2D eigenvalue weighted by molar-refractivity contribution is 7.14. The minimum atomic E-state index is -0.171. The molecule has 0 radical (unpaired) electrons. The number of piperazine rings is 1. The number of hydrogen-bond acceptors (Lipinski definition) is 7. The lowest BCUT2D eigenvalue weighted by atomic mass is 10.3. The highest BCUT2D eigenvalue weighted by Gasteiger charge is 2.20. The third-order valence-electron chi connectivity index (χ3n) is 4.36. The van der Waals surface area contributed by atoms with E-state index < -0.39 is 0 Å². The van der Waals surface area contributed by atoms with Gasteiger partial charge in [-0.2, -0.15) is 4.98 Å². The molecule has 3 rings (SSSR count). The number of ether oxygens (including phenoxy) is 1. The van der Waals surface area contributed by atoms with Crippen LogP contribution in [0.3, 0.4) is 0 Å². The molecule has 9 heteroatoms. The zero-order valence-corrected chi connectivity index (χ0v) is 17.0. The summed E-state index contributed by atoms with van der Waals surface area (Å²) in [6, 6.07) is 4.28. The van der Waals surface area contributed by atoms with E-state index >= 15 is 0 Å². The average Bonchev–Trinajstić information content (AvgIpc) is 3.37. The lowest BCUT2D eigenvalue weighted by molar-refractivity contribution is 0.0683. The summed E-state index contributed by atoms with van der Waals surface area (Å²) in [5.74, 6) is 1.96. The fourth-order valence-corrected chi connectivity index (χ4v) is 3.76. The van der Waals surface area contributed by atoms with Crippen molar-refractivity contribution in [2.24, 2.45) is 4.99 Å². The second-order valence-electron chi connectivity index (χ2n) is 6.24. The number of nitrogens with zero attached hydrogens (tertiary/aromatic N) is 5. The summed E-state index contributed by atoms with van der Waals surface area (Å²) in [4.78, 5) is 13.8. The van der Waals surface area contributed by atoms with Gasteiger partial charge in [0.05, 0.1) is 5.00 Å². The zero-order valence-electron chi connectivity index (χ0n) is 16.2. The Morgan fingerprint density at radius 1 is 1.37 bits per heavy atom. The largest absolute Gasteiger partial charge is 0.371 e. The molecule has 1 aliphatic rings. The second-order valence-corrected chi connectivity index (χ2v) is 7.17. The van der Waals surface area contributed by atoms with E-state index in [4.69, 9.17) is 14.3 Å². The molecule has 0 saturated carbocycles. The van der Waals surface area contributed by atoms with Crippen LogP contribution in [0.5, 0.6) is 0 Å². The summed E-state index contributed by atoms with van der Waals surface area (Å²) in [6.07, 6.45) is -0.171. The SMILES string of the molecule is CCNC(=NCc1nc(C(C)OCC)no1)N1CCN(c2cccs2)CC1. The topological polar surface area (TPSA) is 79.0 Å². The Bertz CT molecular complexity index is 709. The molecule has 1 saturated heterocycles. The Kier molecular flexibility index (Phi) is 7.05. The third kappa shape index (κ3) is 5.20. The monoisotopic (exact) mass is 392 g/mol. The van der Waals surface area contributed by atoms with Crippen molar-refractivity contribution in [3.05, 3.63) is 29.2 Å². The predicted molar refractivity (Wildman–Crippen MR) is 107 cm³/mol.